The summed E-state index contributed by atoms with van der Waals surface area (Å²) in [5.41, 5.74) is 0.428. The fourth-order valence-electron chi connectivity index (χ4n) is 2.13. The molecule has 0 fully saturated rings. The van der Waals surface area contributed by atoms with Crippen molar-refractivity contribution in [3.05, 3.63) is 58.1 Å². The number of hydrogen-bond acceptors (Lipinski definition) is 5. The van der Waals surface area contributed by atoms with Gasteiger partial charge in [-0.1, -0.05) is 26.0 Å². The van der Waals surface area contributed by atoms with E-state index in [9.17, 15) is 14.9 Å². The molecule has 0 aliphatic carbocycles. The van der Waals surface area contributed by atoms with Crippen molar-refractivity contribution in [1.82, 2.24) is 0 Å². The van der Waals surface area contributed by atoms with Gasteiger partial charge in [0.25, 0.3) is 11.6 Å². The molecule has 0 unspecified atom stereocenters. The first kappa shape index (κ1) is 18.3. The molecule has 1 N–H and O–H groups in total. The van der Waals surface area contributed by atoms with Gasteiger partial charge in [0, 0.05) is 12.1 Å². The van der Waals surface area contributed by atoms with Gasteiger partial charge in [0.15, 0.2) is 0 Å². The van der Waals surface area contributed by atoms with Gasteiger partial charge >= 0.3 is 0 Å². The number of amides is 1. The number of anilines is 1. The molecular formula is C18H20N2O5. The van der Waals surface area contributed by atoms with Crippen LogP contribution >= 0.6 is 0 Å². The van der Waals surface area contributed by atoms with Crippen molar-refractivity contribution in [2.75, 3.05) is 19.0 Å². The minimum absolute atomic E-state index is 0.138. The molecule has 2 aromatic rings. The van der Waals surface area contributed by atoms with E-state index < -0.39 is 10.8 Å². The topological polar surface area (TPSA) is 90.7 Å². The molecule has 0 radical (unpaired) electrons. The molecule has 7 heteroatoms. The Labute approximate surface area is 145 Å². The zero-order valence-corrected chi connectivity index (χ0v) is 14.3. The van der Waals surface area contributed by atoms with Crippen LogP contribution in [0.3, 0.4) is 0 Å². The van der Waals surface area contributed by atoms with Gasteiger partial charge in [0.1, 0.15) is 11.5 Å². The van der Waals surface area contributed by atoms with E-state index in [2.05, 4.69) is 5.32 Å². The lowest BCUT2D eigenvalue weighted by Crippen LogP contribution is -2.15. The molecule has 7 nitrogen and oxygen atoms in total. The summed E-state index contributed by atoms with van der Waals surface area (Å²) in [5, 5.41) is 13.6. The Morgan fingerprint density at radius 3 is 2.56 bits per heavy atom. The van der Waals surface area contributed by atoms with Crippen LogP contribution in [-0.4, -0.2) is 24.5 Å². The number of nitro groups is 1. The highest BCUT2D eigenvalue weighted by atomic mass is 16.6. The van der Waals surface area contributed by atoms with Crippen molar-refractivity contribution in [3.8, 4) is 11.5 Å². The van der Waals surface area contributed by atoms with E-state index in [0.717, 1.165) is 0 Å². The third kappa shape index (κ3) is 4.69. The van der Waals surface area contributed by atoms with E-state index in [1.807, 2.05) is 13.8 Å². The highest BCUT2D eigenvalue weighted by Gasteiger charge is 2.17. The lowest BCUT2D eigenvalue weighted by Gasteiger charge is -2.14. The zero-order chi connectivity index (χ0) is 18.4. The molecule has 0 aromatic heterocycles. The van der Waals surface area contributed by atoms with Crippen LogP contribution in [0.5, 0.6) is 11.5 Å². The molecule has 0 aliphatic heterocycles. The number of rotatable bonds is 7. The van der Waals surface area contributed by atoms with Gasteiger partial charge in [-0.3, -0.25) is 14.9 Å². The van der Waals surface area contributed by atoms with Crippen LogP contribution < -0.4 is 14.8 Å². The highest BCUT2D eigenvalue weighted by Crippen LogP contribution is 2.30. The van der Waals surface area contributed by atoms with Crippen molar-refractivity contribution in [3.63, 3.8) is 0 Å². The Kier molecular flexibility index (Phi) is 5.94. The minimum Gasteiger partial charge on any atom is -0.495 e. The fraction of sp³-hybridized carbons (Fsp3) is 0.278. The zero-order valence-electron chi connectivity index (χ0n) is 14.3. The third-order valence-corrected chi connectivity index (χ3v) is 3.35. The Morgan fingerprint density at radius 2 is 1.92 bits per heavy atom. The summed E-state index contributed by atoms with van der Waals surface area (Å²) in [5.74, 6) is 0.670. The maximum Gasteiger partial charge on any atom is 0.271 e. The second-order valence-electron chi connectivity index (χ2n) is 5.80. The van der Waals surface area contributed by atoms with E-state index in [4.69, 9.17) is 9.47 Å². The number of nitro benzene ring substituents is 1. The monoisotopic (exact) mass is 344 g/mol. The number of methoxy groups -OCH3 is 1. The summed E-state index contributed by atoms with van der Waals surface area (Å²) in [4.78, 5) is 23.0. The van der Waals surface area contributed by atoms with E-state index in [0.29, 0.717) is 29.6 Å². The Morgan fingerprint density at radius 1 is 1.20 bits per heavy atom. The first-order valence-corrected chi connectivity index (χ1v) is 7.78. The third-order valence-electron chi connectivity index (χ3n) is 3.35. The predicted octanol–water partition coefficient (Wildman–Crippen LogP) is 3.89. The summed E-state index contributed by atoms with van der Waals surface area (Å²) in [7, 11) is 1.43. The first-order valence-electron chi connectivity index (χ1n) is 7.78. The maximum absolute atomic E-state index is 12.6. The molecule has 0 saturated heterocycles. The second kappa shape index (κ2) is 8.14. The van der Waals surface area contributed by atoms with Crippen LogP contribution in [0.15, 0.2) is 42.5 Å². The number of ether oxygens (including phenoxy) is 2. The van der Waals surface area contributed by atoms with Crippen molar-refractivity contribution in [1.29, 1.82) is 0 Å². The number of carbonyl (C=O) groups is 1. The van der Waals surface area contributed by atoms with Crippen LogP contribution in [0.2, 0.25) is 0 Å². The number of benzene rings is 2. The van der Waals surface area contributed by atoms with Gasteiger partial charge < -0.3 is 14.8 Å². The van der Waals surface area contributed by atoms with Gasteiger partial charge in [-0.2, -0.15) is 0 Å². The van der Waals surface area contributed by atoms with Gasteiger partial charge in [-0.05, 0) is 24.1 Å². The van der Waals surface area contributed by atoms with Crippen molar-refractivity contribution in [2.45, 2.75) is 13.8 Å². The number of hydrogen-bond donors (Lipinski definition) is 1. The Balaban J connectivity index is 2.28. The number of nitrogens with zero attached hydrogens (tertiary/aromatic N) is 1. The van der Waals surface area contributed by atoms with E-state index in [1.165, 1.54) is 25.3 Å². The van der Waals surface area contributed by atoms with E-state index in [1.54, 1.807) is 24.3 Å². The van der Waals surface area contributed by atoms with Crippen LogP contribution in [0.4, 0.5) is 11.4 Å². The molecule has 2 aromatic carbocycles. The first-order chi connectivity index (χ1) is 11.9. The molecule has 0 bridgehead atoms. The van der Waals surface area contributed by atoms with Crippen molar-refractivity contribution < 1.29 is 19.2 Å². The molecular weight excluding hydrogens is 324 g/mol. The molecule has 0 aliphatic rings. The van der Waals surface area contributed by atoms with Crippen LogP contribution in [0.25, 0.3) is 0 Å². The summed E-state index contributed by atoms with van der Waals surface area (Å²) < 4.78 is 10.8. The lowest BCUT2D eigenvalue weighted by molar-refractivity contribution is -0.384. The largest absolute Gasteiger partial charge is 0.495 e. The molecule has 132 valence electrons. The molecule has 0 spiro atoms. The highest BCUT2D eigenvalue weighted by molar-refractivity contribution is 6.07. The van der Waals surface area contributed by atoms with Crippen LogP contribution in [0.1, 0.15) is 24.2 Å². The summed E-state index contributed by atoms with van der Waals surface area (Å²) in [6.07, 6.45) is 0. The van der Waals surface area contributed by atoms with Gasteiger partial charge in [0.05, 0.1) is 29.9 Å². The number of para-hydroxylation sites is 1. The quantitative estimate of drug-likeness (QED) is 0.608. The minimum atomic E-state index is -0.533. The smallest absolute Gasteiger partial charge is 0.271 e. The number of carbonyl (C=O) groups excluding carboxylic acids is 1. The second-order valence-corrected chi connectivity index (χ2v) is 5.80. The van der Waals surface area contributed by atoms with Crippen LogP contribution in [-0.2, 0) is 0 Å². The average Bonchev–Trinajstić information content (AvgIpc) is 2.60. The Hall–Kier alpha value is -3.09. The van der Waals surface area contributed by atoms with Gasteiger partial charge in [-0.25, -0.2) is 0 Å². The predicted molar refractivity (Wildman–Crippen MR) is 94.4 cm³/mol. The molecule has 25 heavy (non-hydrogen) atoms. The average molecular weight is 344 g/mol. The summed E-state index contributed by atoms with van der Waals surface area (Å²) in [6.45, 7) is 4.50. The molecule has 0 heterocycles. The van der Waals surface area contributed by atoms with Gasteiger partial charge in [0.2, 0.25) is 0 Å². The Bertz CT molecular complexity index is 774. The van der Waals surface area contributed by atoms with Crippen molar-refractivity contribution >= 4 is 17.3 Å². The lowest BCUT2D eigenvalue weighted by atomic mass is 10.1. The molecule has 1 amide bonds. The van der Waals surface area contributed by atoms with E-state index in [-0.39, 0.29) is 11.4 Å². The number of non-ortho nitro benzene ring substituents is 1. The normalized spacial score (nSPS) is 10.4. The SMILES string of the molecule is COc1ccc([N+](=O)[O-])cc1NC(=O)c1ccccc1OCC(C)C. The summed E-state index contributed by atoms with van der Waals surface area (Å²) in [6, 6.07) is 10.9. The molecule has 2 rings (SSSR count). The molecule has 0 saturated carbocycles. The fourth-order valence-corrected chi connectivity index (χ4v) is 2.13. The van der Waals surface area contributed by atoms with E-state index >= 15 is 0 Å². The maximum atomic E-state index is 12.6. The summed E-state index contributed by atoms with van der Waals surface area (Å²) >= 11 is 0. The standard InChI is InChI=1S/C18H20N2O5/c1-12(2)11-25-16-7-5-4-6-14(16)18(21)19-15-10-13(20(22)23)8-9-17(15)24-3/h4-10,12H,11H2,1-3H3,(H,19,21). The number of nitrogens with one attached hydrogen (secondary N) is 1. The van der Waals surface area contributed by atoms with Crippen molar-refractivity contribution in [2.24, 2.45) is 5.92 Å². The van der Waals surface area contributed by atoms with Crippen LogP contribution in [0, 0.1) is 16.0 Å². The molecule has 0 atom stereocenters. The van der Waals surface area contributed by atoms with Gasteiger partial charge in [-0.15, -0.1) is 0 Å².